The Morgan fingerprint density at radius 2 is 1.75 bits per heavy atom. The van der Waals surface area contributed by atoms with Crippen molar-refractivity contribution >= 4 is 23.6 Å². The Bertz CT molecular complexity index is 1820. The van der Waals surface area contributed by atoms with Gasteiger partial charge in [-0.15, -0.1) is 0 Å². The van der Waals surface area contributed by atoms with Gasteiger partial charge < -0.3 is 25.0 Å². The molecule has 13 heteroatoms. The maximum absolute atomic E-state index is 13.5. The van der Waals surface area contributed by atoms with Crippen LogP contribution < -0.4 is 26.2 Å². The SMILES string of the molecule is COCC(C)(C)C(=N)n1cc(OC2CCC(NC(=O)Nc3cc(C(C)(C)C)nc(C(=O)NCC4(N(C)C)CCC4)n3)c3ccccc32)ccc1=N. The number of benzene rings is 1. The van der Waals surface area contributed by atoms with Crippen LogP contribution in [0.2, 0.25) is 0 Å². The van der Waals surface area contributed by atoms with E-state index in [0.717, 1.165) is 30.4 Å². The van der Waals surface area contributed by atoms with E-state index in [1.165, 1.54) is 4.57 Å². The van der Waals surface area contributed by atoms with Crippen LogP contribution in [0.25, 0.3) is 0 Å². The quantitative estimate of drug-likeness (QED) is 0.129. The van der Waals surface area contributed by atoms with E-state index >= 15 is 0 Å². The van der Waals surface area contributed by atoms with Gasteiger partial charge in [0.1, 0.15) is 29.0 Å². The summed E-state index contributed by atoms with van der Waals surface area (Å²) in [5.74, 6) is 0.668. The molecule has 1 aromatic carbocycles. The maximum Gasteiger partial charge on any atom is 0.320 e. The fourth-order valence-corrected chi connectivity index (χ4v) is 6.68. The monoisotopic (exact) mass is 699 g/mol. The average Bonchev–Trinajstić information content (AvgIpc) is 3.05. The van der Waals surface area contributed by atoms with Crippen LogP contribution in [0.1, 0.15) is 106 Å². The summed E-state index contributed by atoms with van der Waals surface area (Å²) in [6, 6.07) is 12.2. The molecule has 0 radical (unpaired) electrons. The van der Waals surface area contributed by atoms with Gasteiger partial charge in [0.25, 0.3) is 5.91 Å². The Hall–Kier alpha value is -4.62. The van der Waals surface area contributed by atoms with Gasteiger partial charge in [-0.1, -0.05) is 58.9 Å². The molecule has 51 heavy (non-hydrogen) atoms. The summed E-state index contributed by atoms with van der Waals surface area (Å²) in [7, 11) is 5.67. The highest BCUT2D eigenvalue weighted by Gasteiger charge is 2.39. The molecule has 5 N–H and O–H groups in total. The largest absolute Gasteiger partial charge is 0.484 e. The first kappa shape index (κ1) is 37.6. The lowest BCUT2D eigenvalue weighted by Gasteiger charge is -2.47. The zero-order chi connectivity index (χ0) is 37.1. The van der Waals surface area contributed by atoms with Gasteiger partial charge in [-0.3, -0.25) is 25.5 Å². The van der Waals surface area contributed by atoms with Crippen molar-refractivity contribution in [3.8, 4) is 5.75 Å². The number of methoxy groups -OCH3 is 1. The Morgan fingerprint density at radius 1 is 1.04 bits per heavy atom. The minimum absolute atomic E-state index is 0.0196. The zero-order valence-corrected chi connectivity index (χ0v) is 31.1. The molecule has 1 fully saturated rings. The van der Waals surface area contributed by atoms with Crippen LogP contribution in [0.4, 0.5) is 10.6 Å². The fourth-order valence-electron chi connectivity index (χ4n) is 6.68. The van der Waals surface area contributed by atoms with E-state index in [-0.39, 0.29) is 52.0 Å². The van der Waals surface area contributed by atoms with Crippen molar-refractivity contribution in [2.75, 3.05) is 39.7 Å². The van der Waals surface area contributed by atoms with E-state index in [9.17, 15) is 9.59 Å². The van der Waals surface area contributed by atoms with Crippen LogP contribution in [0.15, 0.2) is 48.7 Å². The van der Waals surface area contributed by atoms with Crippen LogP contribution in [-0.2, 0) is 10.2 Å². The van der Waals surface area contributed by atoms with E-state index in [2.05, 4.69) is 30.8 Å². The van der Waals surface area contributed by atoms with Gasteiger partial charge in [-0.05, 0) is 69.5 Å². The molecule has 3 amide bonds. The van der Waals surface area contributed by atoms with Crippen molar-refractivity contribution in [3.05, 3.63) is 76.8 Å². The Balaban J connectivity index is 1.30. The molecule has 2 aromatic heterocycles. The highest BCUT2D eigenvalue weighted by atomic mass is 16.5. The number of pyridine rings is 1. The van der Waals surface area contributed by atoms with Gasteiger partial charge in [0, 0.05) is 36.1 Å². The molecule has 1 saturated carbocycles. The molecule has 0 saturated heterocycles. The average molecular weight is 700 g/mol. The van der Waals surface area contributed by atoms with E-state index in [1.807, 2.05) is 73.0 Å². The summed E-state index contributed by atoms with van der Waals surface area (Å²) in [5, 5.41) is 26.2. The lowest BCUT2D eigenvalue weighted by molar-refractivity contribution is 0.0554. The number of likely N-dealkylation sites (N-methyl/N-ethyl adjacent to an activating group) is 1. The van der Waals surface area contributed by atoms with Gasteiger partial charge in [-0.25, -0.2) is 14.8 Å². The van der Waals surface area contributed by atoms with Crippen molar-refractivity contribution in [3.63, 3.8) is 0 Å². The minimum atomic E-state index is -0.607. The molecule has 13 nitrogen and oxygen atoms in total. The molecule has 2 heterocycles. The first-order valence-corrected chi connectivity index (χ1v) is 17.6. The van der Waals surface area contributed by atoms with Crippen molar-refractivity contribution in [1.82, 2.24) is 30.1 Å². The molecule has 2 atom stereocenters. The molecule has 274 valence electrons. The second-order valence-electron chi connectivity index (χ2n) is 15.6. The van der Waals surface area contributed by atoms with Crippen LogP contribution in [0.5, 0.6) is 5.75 Å². The van der Waals surface area contributed by atoms with E-state index in [4.69, 9.17) is 20.3 Å². The number of fused-ring (bicyclic) bond motifs is 1. The summed E-state index contributed by atoms with van der Waals surface area (Å²) < 4.78 is 13.3. The summed E-state index contributed by atoms with van der Waals surface area (Å²) in [6.07, 6.45) is 5.79. The Morgan fingerprint density at radius 3 is 2.37 bits per heavy atom. The van der Waals surface area contributed by atoms with E-state index < -0.39 is 11.4 Å². The molecular formula is C38H53N9O4. The molecule has 0 bridgehead atoms. The second kappa shape index (κ2) is 14.9. The first-order chi connectivity index (χ1) is 24.0. The number of aromatic nitrogens is 3. The number of amides is 3. The van der Waals surface area contributed by atoms with Crippen molar-refractivity contribution < 1.29 is 19.1 Å². The minimum Gasteiger partial charge on any atom is -0.484 e. The number of rotatable bonds is 11. The van der Waals surface area contributed by atoms with Crippen LogP contribution in [-0.4, -0.2) is 77.1 Å². The van der Waals surface area contributed by atoms with E-state index in [0.29, 0.717) is 37.4 Å². The highest BCUT2D eigenvalue weighted by Crippen LogP contribution is 2.39. The van der Waals surface area contributed by atoms with Gasteiger partial charge in [-0.2, -0.15) is 0 Å². The molecule has 5 rings (SSSR count). The van der Waals surface area contributed by atoms with Gasteiger partial charge >= 0.3 is 6.03 Å². The number of nitrogens with zero attached hydrogens (tertiary/aromatic N) is 4. The lowest BCUT2D eigenvalue weighted by atomic mass is 9.75. The molecular weight excluding hydrogens is 646 g/mol. The predicted octanol–water partition coefficient (Wildman–Crippen LogP) is 5.54. The molecule has 3 aromatic rings. The zero-order valence-electron chi connectivity index (χ0n) is 31.1. The number of anilines is 1. The predicted molar refractivity (Wildman–Crippen MR) is 196 cm³/mol. The van der Waals surface area contributed by atoms with Crippen LogP contribution >= 0.6 is 0 Å². The number of urea groups is 1. The number of ether oxygens (including phenoxy) is 2. The number of carbonyl (C=O) groups is 2. The smallest absolute Gasteiger partial charge is 0.320 e. The molecule has 0 spiro atoms. The fraction of sp³-hybridized carbons (Fsp3) is 0.526. The summed E-state index contributed by atoms with van der Waals surface area (Å²) in [4.78, 5) is 38.0. The highest BCUT2D eigenvalue weighted by molar-refractivity contribution is 5.93. The summed E-state index contributed by atoms with van der Waals surface area (Å²) in [5.41, 5.74) is 1.65. The van der Waals surface area contributed by atoms with Gasteiger partial charge in [0.05, 0.1) is 24.5 Å². The summed E-state index contributed by atoms with van der Waals surface area (Å²) in [6.45, 7) is 10.6. The third-order valence-electron chi connectivity index (χ3n) is 10.1. The normalized spacial score (nSPS) is 18.3. The topological polar surface area (TPSA) is 170 Å². The van der Waals surface area contributed by atoms with Crippen molar-refractivity contribution in [2.45, 2.75) is 89.8 Å². The molecule has 2 aliphatic rings. The molecule has 2 aliphatic carbocycles. The second-order valence-corrected chi connectivity index (χ2v) is 15.6. The Labute approximate surface area is 300 Å². The number of nitrogens with one attached hydrogen (secondary N) is 5. The molecule has 2 unspecified atom stereocenters. The molecule has 0 aliphatic heterocycles. The first-order valence-electron chi connectivity index (χ1n) is 17.6. The van der Waals surface area contributed by atoms with Gasteiger partial charge in [0.2, 0.25) is 5.82 Å². The lowest BCUT2D eigenvalue weighted by Crippen LogP contribution is -2.57. The third-order valence-corrected chi connectivity index (χ3v) is 10.1. The Kier molecular flexibility index (Phi) is 11.0. The summed E-state index contributed by atoms with van der Waals surface area (Å²) >= 11 is 0. The standard InChI is InChI=1S/C38H53N9O4/c1-36(2,3)29-20-31(44-32(43-29)33(48)41-22-38(46(6)7)18-11-19-38)45-35(49)42-27-15-16-28(26-13-10-9-12-25(26)27)51-24-14-17-30(39)47(21-24)34(40)37(4,5)23-50-8/h9-10,12-14,17,20-21,27-28,39-40H,11,15-16,18-19,22-23H2,1-8H3,(H,41,48)(H2,42,43,44,45,49). The number of hydrogen-bond donors (Lipinski definition) is 5. The van der Waals surface area contributed by atoms with Crippen LogP contribution in [0, 0.1) is 16.2 Å². The van der Waals surface area contributed by atoms with Crippen molar-refractivity contribution in [2.24, 2.45) is 5.41 Å². The number of hydrogen-bond acceptors (Lipinski definition) is 9. The maximum atomic E-state index is 13.5. The third kappa shape index (κ3) is 8.48. The van der Waals surface area contributed by atoms with Crippen LogP contribution in [0.3, 0.4) is 0 Å². The number of carbonyl (C=O) groups excluding carboxylic acids is 2. The van der Waals surface area contributed by atoms with Crippen molar-refractivity contribution in [1.29, 1.82) is 10.8 Å². The van der Waals surface area contributed by atoms with E-state index in [1.54, 1.807) is 31.5 Å². The van der Waals surface area contributed by atoms with Gasteiger partial charge in [0.15, 0.2) is 0 Å².